The molecule has 0 heterocycles. The Bertz CT molecular complexity index is 1250. The van der Waals surface area contributed by atoms with Crippen LogP contribution in [-0.2, 0) is 4.79 Å². The van der Waals surface area contributed by atoms with Crippen LogP contribution in [0.15, 0.2) is 97.1 Å². The van der Waals surface area contributed by atoms with Crippen LogP contribution in [0.2, 0.25) is 0 Å². The van der Waals surface area contributed by atoms with Crippen LogP contribution in [0.5, 0.6) is 0 Å². The summed E-state index contributed by atoms with van der Waals surface area (Å²) >= 11 is 0. The number of carbonyl (C=O) groups excluding carboxylic acids is 1. The summed E-state index contributed by atoms with van der Waals surface area (Å²) in [7, 11) is 0. The minimum atomic E-state index is 0.0228. The van der Waals surface area contributed by atoms with Gasteiger partial charge >= 0.3 is 0 Å². The van der Waals surface area contributed by atoms with Crippen molar-refractivity contribution in [3.63, 3.8) is 0 Å². The van der Waals surface area contributed by atoms with Gasteiger partial charge in [-0.1, -0.05) is 104 Å². The highest BCUT2D eigenvalue weighted by Crippen LogP contribution is 2.29. The van der Waals surface area contributed by atoms with Gasteiger partial charge in [-0.3, -0.25) is 9.69 Å². The molecule has 41 heavy (non-hydrogen) atoms. The van der Waals surface area contributed by atoms with Gasteiger partial charge in [-0.15, -0.1) is 0 Å². The summed E-state index contributed by atoms with van der Waals surface area (Å²) in [4.78, 5) is 13.9. The van der Waals surface area contributed by atoms with E-state index < -0.39 is 0 Å². The predicted octanol–water partition coefficient (Wildman–Crippen LogP) is 11.3. The van der Waals surface area contributed by atoms with Gasteiger partial charge in [0.1, 0.15) is 0 Å². The molecule has 3 nitrogen and oxygen atoms in total. The van der Waals surface area contributed by atoms with E-state index in [1.807, 2.05) is 24.3 Å². The molecule has 4 aromatic rings. The highest BCUT2D eigenvalue weighted by atomic mass is 16.2. The third-order valence-corrected chi connectivity index (χ3v) is 7.39. The summed E-state index contributed by atoms with van der Waals surface area (Å²) in [6.45, 7) is 19.1. The standard InChI is InChI=1S/C20H25NO.C18H23N/c1-14(2)17-6-10-19(11-7-17)21(16(5)22)20-12-8-18(9-13-20)15(3)4;1-13(2)15-5-9-17(10-6-15)19-18-11-7-16(8-12-18)14(3)4/h6-15H,1-5H3;5-14,19H,1-4H3. The first-order chi connectivity index (χ1) is 19.5. The fourth-order valence-corrected chi connectivity index (χ4v) is 4.60. The van der Waals surface area contributed by atoms with Crippen molar-refractivity contribution in [2.75, 3.05) is 10.2 Å². The summed E-state index contributed by atoms with van der Waals surface area (Å²) in [6, 6.07) is 33.8. The predicted molar refractivity (Wildman–Crippen MR) is 178 cm³/mol. The van der Waals surface area contributed by atoms with Gasteiger partial charge in [0, 0.05) is 29.7 Å². The number of rotatable bonds is 8. The first-order valence-corrected chi connectivity index (χ1v) is 14.9. The largest absolute Gasteiger partial charge is 0.356 e. The zero-order valence-corrected chi connectivity index (χ0v) is 26.4. The number of hydrogen-bond acceptors (Lipinski definition) is 2. The molecular formula is C38H48N2O. The average Bonchev–Trinajstić information content (AvgIpc) is 2.94. The van der Waals surface area contributed by atoms with Crippen LogP contribution in [0.1, 0.15) is 108 Å². The SMILES string of the molecule is CC(=O)N(c1ccc(C(C)C)cc1)c1ccc(C(C)C)cc1.CC(C)c1ccc(Nc2ccc(C(C)C)cc2)cc1. The molecule has 0 spiro atoms. The van der Waals surface area contributed by atoms with Crippen molar-refractivity contribution < 1.29 is 4.79 Å². The zero-order chi connectivity index (χ0) is 30.1. The van der Waals surface area contributed by atoms with Gasteiger partial charge in [0.25, 0.3) is 0 Å². The van der Waals surface area contributed by atoms with Crippen LogP contribution in [0, 0.1) is 0 Å². The van der Waals surface area contributed by atoms with Crippen LogP contribution in [0.25, 0.3) is 0 Å². The van der Waals surface area contributed by atoms with Gasteiger partial charge in [-0.05, 0) is 94.5 Å². The number of benzene rings is 4. The molecule has 0 saturated heterocycles. The number of anilines is 4. The van der Waals surface area contributed by atoms with Crippen LogP contribution in [-0.4, -0.2) is 5.91 Å². The van der Waals surface area contributed by atoms with Crippen LogP contribution in [0.3, 0.4) is 0 Å². The topological polar surface area (TPSA) is 32.3 Å². The Kier molecular flexibility index (Phi) is 11.3. The van der Waals surface area contributed by atoms with Gasteiger partial charge < -0.3 is 5.32 Å². The highest BCUT2D eigenvalue weighted by Gasteiger charge is 2.14. The van der Waals surface area contributed by atoms with Gasteiger partial charge in [0.2, 0.25) is 5.91 Å². The van der Waals surface area contributed by atoms with Crippen molar-refractivity contribution >= 4 is 28.7 Å². The Hall–Kier alpha value is -3.85. The number of hydrogen-bond donors (Lipinski definition) is 1. The van der Waals surface area contributed by atoms with Crippen molar-refractivity contribution in [1.82, 2.24) is 0 Å². The molecule has 0 bridgehead atoms. The maximum Gasteiger partial charge on any atom is 0.228 e. The quantitative estimate of drug-likeness (QED) is 0.237. The maximum absolute atomic E-state index is 12.1. The van der Waals surface area contributed by atoms with E-state index >= 15 is 0 Å². The molecule has 1 amide bonds. The lowest BCUT2D eigenvalue weighted by Gasteiger charge is -2.22. The smallest absolute Gasteiger partial charge is 0.228 e. The Morgan fingerprint density at radius 2 is 0.707 bits per heavy atom. The third-order valence-electron chi connectivity index (χ3n) is 7.39. The molecule has 0 aliphatic carbocycles. The molecule has 3 heteroatoms. The van der Waals surface area contributed by atoms with Crippen LogP contribution >= 0.6 is 0 Å². The van der Waals surface area contributed by atoms with E-state index in [1.165, 1.54) is 22.3 Å². The fourth-order valence-electron chi connectivity index (χ4n) is 4.60. The van der Waals surface area contributed by atoms with Crippen molar-refractivity contribution in [1.29, 1.82) is 0 Å². The lowest BCUT2D eigenvalue weighted by atomic mass is 10.0. The summed E-state index contributed by atoms with van der Waals surface area (Å²) in [6.07, 6.45) is 0. The molecule has 0 saturated carbocycles. The second kappa shape index (κ2) is 14.7. The molecule has 0 fully saturated rings. The molecule has 0 unspecified atom stereocenters. The zero-order valence-electron chi connectivity index (χ0n) is 26.4. The summed E-state index contributed by atoms with van der Waals surface area (Å²) in [5, 5.41) is 3.44. The number of nitrogens with one attached hydrogen (secondary N) is 1. The molecule has 0 aliphatic rings. The lowest BCUT2D eigenvalue weighted by Crippen LogP contribution is -2.22. The molecular weight excluding hydrogens is 500 g/mol. The molecule has 0 aliphatic heterocycles. The lowest BCUT2D eigenvalue weighted by molar-refractivity contribution is -0.115. The van der Waals surface area contributed by atoms with Crippen LogP contribution in [0.4, 0.5) is 22.7 Å². The van der Waals surface area contributed by atoms with Gasteiger partial charge in [0.15, 0.2) is 0 Å². The van der Waals surface area contributed by atoms with E-state index in [0.29, 0.717) is 23.7 Å². The monoisotopic (exact) mass is 548 g/mol. The van der Waals surface area contributed by atoms with Gasteiger partial charge in [-0.25, -0.2) is 0 Å². The van der Waals surface area contributed by atoms with E-state index in [4.69, 9.17) is 0 Å². The average molecular weight is 549 g/mol. The Balaban J connectivity index is 0.000000228. The van der Waals surface area contributed by atoms with E-state index in [-0.39, 0.29) is 5.91 Å². The third kappa shape index (κ3) is 9.08. The number of amides is 1. The van der Waals surface area contributed by atoms with E-state index in [9.17, 15) is 4.79 Å². The minimum Gasteiger partial charge on any atom is -0.356 e. The van der Waals surface area contributed by atoms with E-state index in [1.54, 1.807) is 11.8 Å². The Morgan fingerprint density at radius 3 is 0.927 bits per heavy atom. The van der Waals surface area contributed by atoms with E-state index in [0.717, 1.165) is 22.7 Å². The maximum atomic E-state index is 12.1. The summed E-state index contributed by atoms with van der Waals surface area (Å²) in [5.41, 5.74) is 9.41. The van der Waals surface area contributed by atoms with Crippen molar-refractivity contribution in [3.05, 3.63) is 119 Å². The highest BCUT2D eigenvalue weighted by molar-refractivity contribution is 5.99. The first kappa shape index (κ1) is 31.7. The minimum absolute atomic E-state index is 0.0228. The molecule has 4 aromatic carbocycles. The summed E-state index contributed by atoms with van der Waals surface area (Å²) in [5.74, 6) is 2.17. The number of carbonyl (C=O) groups is 1. The van der Waals surface area contributed by atoms with E-state index in [2.05, 4.69) is 134 Å². The van der Waals surface area contributed by atoms with Gasteiger partial charge in [-0.2, -0.15) is 0 Å². The first-order valence-electron chi connectivity index (χ1n) is 14.9. The van der Waals surface area contributed by atoms with Gasteiger partial charge in [0.05, 0.1) is 0 Å². The van der Waals surface area contributed by atoms with Crippen molar-refractivity contribution in [3.8, 4) is 0 Å². The van der Waals surface area contributed by atoms with Crippen molar-refractivity contribution in [2.24, 2.45) is 0 Å². The second-order valence-corrected chi connectivity index (χ2v) is 12.0. The molecule has 4 rings (SSSR count). The van der Waals surface area contributed by atoms with Crippen LogP contribution < -0.4 is 10.2 Å². The molecule has 0 radical (unpaired) electrons. The Morgan fingerprint density at radius 1 is 0.463 bits per heavy atom. The number of nitrogens with zero attached hydrogens (tertiary/aromatic N) is 1. The fraction of sp³-hybridized carbons (Fsp3) is 0.342. The normalized spacial score (nSPS) is 11.0. The van der Waals surface area contributed by atoms with Crippen molar-refractivity contribution in [2.45, 2.75) is 86.0 Å². The molecule has 0 atom stereocenters. The summed E-state index contributed by atoms with van der Waals surface area (Å²) < 4.78 is 0. The Labute approximate surface area is 248 Å². The molecule has 1 N–H and O–H groups in total. The molecule has 0 aromatic heterocycles. The second-order valence-electron chi connectivity index (χ2n) is 12.0. The molecule has 216 valence electrons.